The number of amides is 2. The zero-order chi connectivity index (χ0) is 20.5. The molecule has 0 aliphatic heterocycles. The van der Waals surface area contributed by atoms with E-state index in [4.69, 9.17) is 9.47 Å². The monoisotopic (exact) mass is 383 g/mol. The van der Waals surface area contributed by atoms with Crippen molar-refractivity contribution < 1.29 is 19.1 Å². The number of methoxy groups -OCH3 is 1. The normalized spacial score (nSPS) is 11.9. The van der Waals surface area contributed by atoms with Crippen molar-refractivity contribution in [1.29, 1.82) is 0 Å². The Hall–Kier alpha value is -3.35. The van der Waals surface area contributed by atoms with Crippen LogP contribution in [0.5, 0.6) is 11.5 Å². The Morgan fingerprint density at radius 2 is 1.71 bits per heavy atom. The molecule has 0 aromatic heterocycles. The van der Waals surface area contributed by atoms with Gasteiger partial charge in [0.05, 0.1) is 19.4 Å². The number of para-hydroxylation sites is 1. The second-order valence-electron chi connectivity index (χ2n) is 6.36. The predicted octanol–water partition coefficient (Wildman–Crippen LogP) is 2.75. The van der Waals surface area contributed by atoms with Gasteiger partial charge in [-0.25, -0.2) is 5.43 Å². The third kappa shape index (κ3) is 6.12. The van der Waals surface area contributed by atoms with E-state index in [1.54, 1.807) is 38.3 Å². The van der Waals surface area contributed by atoms with E-state index in [9.17, 15) is 9.59 Å². The average Bonchev–Trinajstić information content (AvgIpc) is 2.68. The Morgan fingerprint density at radius 3 is 2.36 bits per heavy atom. The number of carbonyl (C=O) groups excluding carboxylic acids is 2. The standard InChI is InChI=1S/C21H25N3O4/c1-14(2)28-19-8-6-5-7-17(19)13-22-24-20(25)15(3)23-21(26)16-9-11-18(27-4)12-10-16/h5-15H,1-4H3,(H,23,26)(H,24,25). The number of nitrogens with zero attached hydrogens (tertiary/aromatic N) is 1. The molecule has 2 amide bonds. The molecule has 0 heterocycles. The summed E-state index contributed by atoms with van der Waals surface area (Å²) in [4.78, 5) is 24.4. The minimum Gasteiger partial charge on any atom is -0.497 e. The highest BCUT2D eigenvalue weighted by atomic mass is 16.5. The zero-order valence-electron chi connectivity index (χ0n) is 16.4. The van der Waals surface area contributed by atoms with E-state index >= 15 is 0 Å². The van der Waals surface area contributed by atoms with Gasteiger partial charge >= 0.3 is 0 Å². The van der Waals surface area contributed by atoms with Crippen LogP contribution in [-0.4, -0.2) is 37.3 Å². The molecule has 0 fully saturated rings. The van der Waals surface area contributed by atoms with Crippen LogP contribution < -0.4 is 20.2 Å². The first kappa shape index (κ1) is 21.0. The summed E-state index contributed by atoms with van der Waals surface area (Å²) < 4.78 is 10.8. The molecule has 2 N–H and O–H groups in total. The lowest BCUT2D eigenvalue weighted by molar-refractivity contribution is -0.122. The first-order valence-corrected chi connectivity index (χ1v) is 8.94. The topological polar surface area (TPSA) is 89.0 Å². The van der Waals surface area contributed by atoms with Crippen LogP contribution in [0.25, 0.3) is 0 Å². The van der Waals surface area contributed by atoms with Gasteiger partial charge in [0.25, 0.3) is 11.8 Å². The van der Waals surface area contributed by atoms with Crippen LogP contribution in [0.15, 0.2) is 53.6 Å². The first-order valence-electron chi connectivity index (χ1n) is 8.94. The molecule has 2 aromatic carbocycles. The molecule has 0 saturated carbocycles. The van der Waals surface area contributed by atoms with Crippen LogP contribution in [0.3, 0.4) is 0 Å². The highest BCUT2D eigenvalue weighted by Gasteiger charge is 2.16. The molecule has 0 aliphatic carbocycles. The molecule has 0 spiro atoms. The van der Waals surface area contributed by atoms with E-state index in [1.807, 2.05) is 38.1 Å². The Kier molecular flexibility index (Phi) is 7.56. The van der Waals surface area contributed by atoms with Crippen molar-refractivity contribution >= 4 is 18.0 Å². The summed E-state index contributed by atoms with van der Waals surface area (Å²) >= 11 is 0. The molecule has 0 bridgehead atoms. The fourth-order valence-corrected chi connectivity index (χ4v) is 2.30. The maximum absolute atomic E-state index is 12.2. The van der Waals surface area contributed by atoms with Crippen molar-refractivity contribution in [3.05, 3.63) is 59.7 Å². The Morgan fingerprint density at radius 1 is 1.04 bits per heavy atom. The first-order chi connectivity index (χ1) is 13.4. The maximum Gasteiger partial charge on any atom is 0.262 e. The summed E-state index contributed by atoms with van der Waals surface area (Å²) in [6.45, 7) is 5.45. The van der Waals surface area contributed by atoms with Crippen molar-refractivity contribution in [3.63, 3.8) is 0 Å². The fourth-order valence-electron chi connectivity index (χ4n) is 2.30. The smallest absolute Gasteiger partial charge is 0.262 e. The van der Waals surface area contributed by atoms with Gasteiger partial charge < -0.3 is 14.8 Å². The van der Waals surface area contributed by atoms with Crippen LogP contribution in [0.1, 0.15) is 36.7 Å². The number of ether oxygens (including phenoxy) is 2. The van der Waals surface area contributed by atoms with Gasteiger partial charge in [-0.05, 0) is 57.2 Å². The minimum absolute atomic E-state index is 0.0253. The lowest BCUT2D eigenvalue weighted by Gasteiger charge is -2.13. The average molecular weight is 383 g/mol. The summed E-state index contributed by atoms with van der Waals surface area (Å²) in [6, 6.07) is 13.3. The number of hydrogen-bond acceptors (Lipinski definition) is 5. The second-order valence-corrected chi connectivity index (χ2v) is 6.36. The van der Waals surface area contributed by atoms with Crippen molar-refractivity contribution in [1.82, 2.24) is 10.7 Å². The number of rotatable bonds is 8. The summed E-state index contributed by atoms with van der Waals surface area (Å²) in [5.74, 6) is 0.542. The molecule has 7 nitrogen and oxygen atoms in total. The third-order valence-electron chi connectivity index (χ3n) is 3.75. The molecule has 1 unspecified atom stereocenters. The number of nitrogens with one attached hydrogen (secondary N) is 2. The summed E-state index contributed by atoms with van der Waals surface area (Å²) in [7, 11) is 1.55. The molecular formula is C21H25N3O4. The quantitative estimate of drug-likeness (QED) is 0.542. The van der Waals surface area contributed by atoms with Crippen molar-refractivity contribution in [2.75, 3.05) is 7.11 Å². The van der Waals surface area contributed by atoms with Crippen LogP contribution in [0.2, 0.25) is 0 Å². The molecular weight excluding hydrogens is 358 g/mol. The zero-order valence-corrected chi connectivity index (χ0v) is 16.4. The lowest BCUT2D eigenvalue weighted by atomic mass is 10.2. The molecule has 1 atom stereocenters. The lowest BCUT2D eigenvalue weighted by Crippen LogP contribution is -2.43. The number of carbonyl (C=O) groups is 2. The van der Waals surface area contributed by atoms with Gasteiger partial charge in [0.15, 0.2) is 0 Å². The van der Waals surface area contributed by atoms with Crippen LogP contribution >= 0.6 is 0 Å². The van der Waals surface area contributed by atoms with Gasteiger partial charge in [-0.1, -0.05) is 12.1 Å². The van der Waals surface area contributed by atoms with Crippen molar-refractivity contribution in [2.24, 2.45) is 5.10 Å². The van der Waals surface area contributed by atoms with E-state index in [-0.39, 0.29) is 12.0 Å². The van der Waals surface area contributed by atoms with Gasteiger partial charge in [0.2, 0.25) is 0 Å². The highest BCUT2D eigenvalue weighted by Crippen LogP contribution is 2.17. The van der Waals surface area contributed by atoms with Crippen LogP contribution in [-0.2, 0) is 4.79 Å². The second kappa shape index (κ2) is 10.1. The van der Waals surface area contributed by atoms with Crippen LogP contribution in [0.4, 0.5) is 0 Å². The Labute approximate surface area is 164 Å². The van der Waals surface area contributed by atoms with Crippen molar-refractivity contribution in [3.8, 4) is 11.5 Å². The Bertz CT molecular complexity index is 832. The minimum atomic E-state index is -0.756. The van der Waals surface area contributed by atoms with Crippen molar-refractivity contribution in [2.45, 2.75) is 32.9 Å². The van der Waals surface area contributed by atoms with E-state index in [0.717, 1.165) is 5.56 Å². The van der Waals surface area contributed by atoms with E-state index in [1.165, 1.54) is 6.21 Å². The number of hydrogen-bond donors (Lipinski definition) is 2. The van der Waals surface area contributed by atoms with Crippen LogP contribution in [0, 0.1) is 0 Å². The van der Waals surface area contributed by atoms with Gasteiger partial charge in [-0.2, -0.15) is 5.10 Å². The van der Waals surface area contributed by atoms with E-state index in [0.29, 0.717) is 17.1 Å². The van der Waals surface area contributed by atoms with Gasteiger partial charge in [0.1, 0.15) is 17.5 Å². The fraction of sp³-hybridized carbons (Fsp3) is 0.286. The summed E-state index contributed by atoms with van der Waals surface area (Å²) in [5.41, 5.74) is 3.60. The van der Waals surface area contributed by atoms with Gasteiger partial charge in [-0.15, -0.1) is 0 Å². The maximum atomic E-state index is 12.2. The largest absolute Gasteiger partial charge is 0.497 e. The molecule has 0 aliphatic rings. The SMILES string of the molecule is COc1ccc(C(=O)NC(C)C(=O)NN=Cc2ccccc2OC(C)C)cc1. The predicted molar refractivity (Wildman–Crippen MR) is 108 cm³/mol. The number of hydrazone groups is 1. The molecule has 28 heavy (non-hydrogen) atoms. The molecule has 2 aromatic rings. The van der Waals surface area contributed by atoms with Gasteiger partial charge in [0, 0.05) is 11.1 Å². The van der Waals surface area contributed by atoms with Gasteiger partial charge in [-0.3, -0.25) is 9.59 Å². The third-order valence-corrected chi connectivity index (χ3v) is 3.75. The van der Waals surface area contributed by atoms with E-state index in [2.05, 4.69) is 15.8 Å². The summed E-state index contributed by atoms with van der Waals surface area (Å²) in [5, 5.41) is 6.59. The molecule has 0 radical (unpaired) electrons. The molecule has 2 rings (SSSR count). The summed E-state index contributed by atoms with van der Waals surface area (Å²) in [6.07, 6.45) is 1.53. The molecule has 148 valence electrons. The molecule has 0 saturated heterocycles. The Balaban J connectivity index is 1.91. The molecule has 7 heteroatoms. The highest BCUT2D eigenvalue weighted by molar-refractivity contribution is 5.97. The number of benzene rings is 2. The van der Waals surface area contributed by atoms with E-state index < -0.39 is 11.9 Å².